The molecule has 9 heteroatoms. The van der Waals surface area contributed by atoms with E-state index in [1.165, 1.54) is 19.1 Å². The fraction of sp³-hybridized carbons (Fsp3) is 0.364. The second kappa shape index (κ2) is 5.06. The van der Waals surface area contributed by atoms with Gasteiger partial charge in [0.2, 0.25) is 0 Å². The van der Waals surface area contributed by atoms with Gasteiger partial charge in [-0.15, -0.1) is 5.10 Å². The van der Waals surface area contributed by atoms with Crippen molar-refractivity contribution in [3.05, 3.63) is 23.5 Å². The number of benzene rings is 1. The maximum Gasteiger partial charge on any atom is 0.390 e. The van der Waals surface area contributed by atoms with Gasteiger partial charge in [0.05, 0.1) is 18.5 Å². The Hall–Kier alpha value is -2.19. The van der Waals surface area contributed by atoms with Gasteiger partial charge in [0.15, 0.2) is 5.82 Å². The summed E-state index contributed by atoms with van der Waals surface area (Å²) in [7, 11) is 0. The number of anilines is 1. The van der Waals surface area contributed by atoms with E-state index in [-0.39, 0.29) is 22.6 Å². The van der Waals surface area contributed by atoms with Crippen LogP contribution in [0.1, 0.15) is 12.0 Å². The molecule has 0 radical (unpaired) electrons. The maximum atomic E-state index is 14.0. The topological polar surface area (TPSA) is 69.6 Å². The minimum absolute atomic E-state index is 0.0188. The molecule has 0 saturated heterocycles. The van der Waals surface area contributed by atoms with Crippen LogP contribution in [0.5, 0.6) is 0 Å². The molecule has 0 spiro atoms. The minimum atomic E-state index is -4.34. The van der Waals surface area contributed by atoms with Crippen LogP contribution in [0.25, 0.3) is 11.4 Å². The number of hydrogen-bond donors (Lipinski definition) is 1. The van der Waals surface area contributed by atoms with Gasteiger partial charge in [0.25, 0.3) is 0 Å². The lowest BCUT2D eigenvalue weighted by Crippen LogP contribution is -2.14. The van der Waals surface area contributed by atoms with Crippen LogP contribution in [0.4, 0.5) is 23.2 Å². The van der Waals surface area contributed by atoms with Crippen molar-refractivity contribution in [2.75, 3.05) is 5.73 Å². The third-order valence-electron chi connectivity index (χ3n) is 2.66. The van der Waals surface area contributed by atoms with Crippen LogP contribution in [0.3, 0.4) is 0 Å². The number of aromatic nitrogens is 4. The molecule has 2 aromatic rings. The Labute approximate surface area is 111 Å². The molecule has 0 fully saturated rings. The first-order chi connectivity index (χ1) is 9.28. The molecule has 1 aromatic carbocycles. The highest BCUT2D eigenvalue weighted by Crippen LogP contribution is 2.27. The van der Waals surface area contributed by atoms with Gasteiger partial charge in [-0.25, -0.2) is 9.07 Å². The molecule has 0 amide bonds. The first-order valence-electron chi connectivity index (χ1n) is 5.67. The maximum absolute atomic E-state index is 14.0. The van der Waals surface area contributed by atoms with Crippen LogP contribution < -0.4 is 5.73 Å². The smallest absolute Gasteiger partial charge is 0.390 e. The van der Waals surface area contributed by atoms with Crippen LogP contribution >= 0.6 is 0 Å². The number of nitrogens with two attached hydrogens (primary N) is 1. The summed E-state index contributed by atoms with van der Waals surface area (Å²) in [6, 6.07) is 2.71. The van der Waals surface area contributed by atoms with E-state index in [0.29, 0.717) is 0 Å². The van der Waals surface area contributed by atoms with Gasteiger partial charge in [0, 0.05) is 5.69 Å². The summed E-state index contributed by atoms with van der Waals surface area (Å²) in [5, 5.41) is 10.3. The number of aryl methyl sites for hydroxylation is 2. The van der Waals surface area contributed by atoms with E-state index < -0.39 is 25.0 Å². The molecule has 0 aliphatic carbocycles. The van der Waals surface area contributed by atoms with Crippen LogP contribution in [-0.4, -0.2) is 26.4 Å². The zero-order valence-electron chi connectivity index (χ0n) is 10.4. The lowest BCUT2D eigenvalue weighted by atomic mass is 10.1. The first-order valence-corrected chi connectivity index (χ1v) is 5.67. The SMILES string of the molecule is Cc1cc(N)cc(-c2nnnn2CCC(F)(F)F)c1F. The standard InChI is InChI=1S/C11H11F4N5/c1-6-4-7(16)5-8(9(6)12)10-17-18-19-20(10)3-2-11(13,14)15/h4-5H,2-3,16H2,1H3. The second-order valence-electron chi connectivity index (χ2n) is 4.29. The molecule has 0 aliphatic heterocycles. The van der Waals surface area contributed by atoms with E-state index in [1.807, 2.05) is 0 Å². The average molecular weight is 289 g/mol. The second-order valence-corrected chi connectivity index (χ2v) is 4.29. The molecule has 0 aliphatic rings. The van der Waals surface area contributed by atoms with Gasteiger partial charge in [-0.3, -0.25) is 0 Å². The largest absolute Gasteiger partial charge is 0.399 e. The third kappa shape index (κ3) is 3.03. The average Bonchev–Trinajstić information content (AvgIpc) is 2.78. The molecule has 108 valence electrons. The normalized spacial score (nSPS) is 11.8. The van der Waals surface area contributed by atoms with Crippen LogP contribution in [0.2, 0.25) is 0 Å². The Morgan fingerprint density at radius 3 is 2.65 bits per heavy atom. The summed E-state index contributed by atoms with van der Waals surface area (Å²) in [6.45, 7) is 1.01. The number of alkyl halides is 3. The highest BCUT2D eigenvalue weighted by molar-refractivity contribution is 5.63. The van der Waals surface area contributed by atoms with Gasteiger partial charge in [0.1, 0.15) is 5.82 Å². The molecular weight excluding hydrogens is 278 g/mol. The zero-order valence-corrected chi connectivity index (χ0v) is 10.4. The van der Waals surface area contributed by atoms with Crippen molar-refractivity contribution in [1.82, 2.24) is 20.2 Å². The first kappa shape index (κ1) is 14.2. The van der Waals surface area contributed by atoms with Crippen LogP contribution in [0.15, 0.2) is 12.1 Å². The molecule has 20 heavy (non-hydrogen) atoms. The van der Waals surface area contributed by atoms with Crippen molar-refractivity contribution in [2.24, 2.45) is 0 Å². The van der Waals surface area contributed by atoms with E-state index in [0.717, 1.165) is 4.68 Å². The predicted molar refractivity (Wildman–Crippen MR) is 63.0 cm³/mol. The van der Waals surface area contributed by atoms with E-state index in [2.05, 4.69) is 15.5 Å². The number of hydrogen-bond acceptors (Lipinski definition) is 4. The quantitative estimate of drug-likeness (QED) is 0.695. The van der Waals surface area contributed by atoms with E-state index in [9.17, 15) is 17.6 Å². The van der Waals surface area contributed by atoms with Gasteiger partial charge in [-0.05, 0) is 35.0 Å². The van der Waals surface area contributed by atoms with Crippen molar-refractivity contribution < 1.29 is 17.6 Å². The van der Waals surface area contributed by atoms with Crippen molar-refractivity contribution in [3.8, 4) is 11.4 Å². The summed E-state index contributed by atoms with van der Waals surface area (Å²) in [4.78, 5) is 0. The van der Waals surface area contributed by atoms with Gasteiger partial charge < -0.3 is 5.73 Å². The summed E-state index contributed by atoms with van der Waals surface area (Å²) in [5.41, 5.74) is 6.13. The fourth-order valence-electron chi connectivity index (χ4n) is 1.74. The lowest BCUT2D eigenvalue weighted by molar-refractivity contribution is -0.137. The molecule has 0 bridgehead atoms. The molecule has 2 N–H and O–H groups in total. The Bertz CT molecular complexity index is 620. The fourth-order valence-corrected chi connectivity index (χ4v) is 1.74. The molecule has 0 atom stereocenters. The van der Waals surface area contributed by atoms with Crippen molar-refractivity contribution >= 4 is 5.69 Å². The molecule has 1 aromatic heterocycles. The Kier molecular flexibility index (Phi) is 3.60. The van der Waals surface area contributed by atoms with Crippen molar-refractivity contribution in [1.29, 1.82) is 0 Å². The number of nitrogen functional groups attached to an aromatic ring is 1. The summed E-state index contributed by atoms with van der Waals surface area (Å²) in [5.74, 6) is -0.690. The molecule has 0 unspecified atom stereocenters. The summed E-state index contributed by atoms with van der Waals surface area (Å²) < 4.78 is 51.6. The number of nitrogens with zero attached hydrogens (tertiary/aromatic N) is 4. The Morgan fingerprint density at radius 2 is 2.00 bits per heavy atom. The summed E-state index contributed by atoms with van der Waals surface area (Å²) in [6.07, 6.45) is -5.44. The van der Waals surface area contributed by atoms with Crippen molar-refractivity contribution in [3.63, 3.8) is 0 Å². The van der Waals surface area contributed by atoms with Crippen molar-refractivity contribution in [2.45, 2.75) is 26.1 Å². The highest BCUT2D eigenvalue weighted by Gasteiger charge is 2.28. The number of halogens is 4. The van der Waals surface area contributed by atoms with E-state index in [4.69, 9.17) is 5.73 Å². The molecule has 5 nitrogen and oxygen atoms in total. The summed E-state index contributed by atoms with van der Waals surface area (Å²) >= 11 is 0. The number of rotatable bonds is 3. The van der Waals surface area contributed by atoms with Gasteiger partial charge in [-0.1, -0.05) is 0 Å². The highest BCUT2D eigenvalue weighted by atomic mass is 19.4. The predicted octanol–water partition coefficient (Wildman–Crippen LogP) is 2.32. The lowest BCUT2D eigenvalue weighted by Gasteiger charge is -2.09. The van der Waals surface area contributed by atoms with E-state index >= 15 is 0 Å². The zero-order chi connectivity index (χ0) is 14.9. The monoisotopic (exact) mass is 289 g/mol. The minimum Gasteiger partial charge on any atom is -0.399 e. The third-order valence-corrected chi connectivity index (χ3v) is 2.66. The molecular formula is C11H11F4N5. The van der Waals surface area contributed by atoms with Gasteiger partial charge in [-0.2, -0.15) is 13.2 Å². The van der Waals surface area contributed by atoms with Crippen LogP contribution in [-0.2, 0) is 6.54 Å². The van der Waals surface area contributed by atoms with Crippen LogP contribution in [0, 0.1) is 12.7 Å². The molecule has 0 saturated carbocycles. The van der Waals surface area contributed by atoms with E-state index in [1.54, 1.807) is 0 Å². The Balaban J connectivity index is 2.37. The van der Waals surface area contributed by atoms with Gasteiger partial charge >= 0.3 is 6.18 Å². The molecule has 1 heterocycles. The Morgan fingerprint density at radius 1 is 1.30 bits per heavy atom. The molecule has 2 rings (SSSR count). The number of tetrazole rings is 1.